The first kappa shape index (κ1) is 18.9. The Kier molecular flexibility index (Phi) is 5.64. The minimum Gasteiger partial charge on any atom is -0.486 e. The van der Waals surface area contributed by atoms with Crippen molar-refractivity contribution in [1.29, 1.82) is 0 Å². The van der Waals surface area contributed by atoms with Gasteiger partial charge in [-0.25, -0.2) is 0 Å². The maximum atomic E-state index is 12.3. The number of ether oxygens (including phenoxy) is 2. The lowest BCUT2D eigenvalue weighted by molar-refractivity contribution is -0.120. The molecule has 0 aliphatic carbocycles. The van der Waals surface area contributed by atoms with Gasteiger partial charge in [-0.15, -0.1) is 0 Å². The summed E-state index contributed by atoms with van der Waals surface area (Å²) in [6.07, 6.45) is 0.258. The topological polar surface area (TPSA) is 47.6 Å². The summed E-state index contributed by atoms with van der Waals surface area (Å²) in [6.45, 7) is 5.79. The van der Waals surface area contributed by atoms with Crippen molar-refractivity contribution in [3.8, 4) is 11.5 Å². The molecule has 1 heterocycles. The second kappa shape index (κ2) is 7.77. The number of benzene rings is 2. The Hall–Kier alpha value is -1.91. The molecule has 138 valence electrons. The number of carbonyl (C=O) groups excluding carboxylic acids is 1. The molecule has 0 saturated carbocycles. The summed E-state index contributed by atoms with van der Waals surface area (Å²) in [4.78, 5) is 12.3. The third-order valence-electron chi connectivity index (χ3n) is 4.40. The molecule has 0 saturated heterocycles. The van der Waals surface area contributed by atoms with Crippen LogP contribution in [0.3, 0.4) is 0 Å². The molecular formula is C20H21Cl2NO3. The highest BCUT2D eigenvalue weighted by atomic mass is 35.5. The fraction of sp³-hybridized carbons (Fsp3) is 0.350. The van der Waals surface area contributed by atoms with Gasteiger partial charge in [0.2, 0.25) is 5.91 Å². The Morgan fingerprint density at radius 2 is 1.77 bits per heavy atom. The largest absolute Gasteiger partial charge is 0.486 e. The molecular weight excluding hydrogens is 373 g/mol. The van der Waals surface area contributed by atoms with Crippen molar-refractivity contribution >= 4 is 29.1 Å². The predicted octanol–water partition coefficient (Wildman–Crippen LogP) is 4.40. The molecule has 1 aliphatic heterocycles. The van der Waals surface area contributed by atoms with Crippen LogP contribution in [-0.4, -0.2) is 25.7 Å². The van der Waals surface area contributed by atoms with Crippen LogP contribution in [0.25, 0.3) is 0 Å². The van der Waals surface area contributed by atoms with E-state index in [1.54, 1.807) is 18.2 Å². The normalized spacial score (nSPS) is 13.4. The SMILES string of the molecule is CC(C)(CNC(=O)Cc1ccc(Cl)c(Cl)c1)c1ccc2c(c1)OCCO2. The van der Waals surface area contributed by atoms with Crippen molar-refractivity contribution in [2.75, 3.05) is 19.8 Å². The van der Waals surface area contributed by atoms with Crippen molar-refractivity contribution in [1.82, 2.24) is 5.32 Å². The van der Waals surface area contributed by atoms with E-state index < -0.39 is 0 Å². The zero-order valence-electron chi connectivity index (χ0n) is 14.8. The standard InChI is InChI=1S/C20H21Cl2NO3/c1-20(2,14-4-6-17-18(11-14)26-8-7-25-17)12-23-19(24)10-13-3-5-15(21)16(22)9-13/h3-6,9,11H,7-8,10,12H2,1-2H3,(H,23,24). The number of amides is 1. The first-order valence-electron chi connectivity index (χ1n) is 8.46. The van der Waals surface area contributed by atoms with Crippen LogP contribution in [0.1, 0.15) is 25.0 Å². The van der Waals surface area contributed by atoms with Gasteiger partial charge < -0.3 is 14.8 Å². The number of hydrogen-bond acceptors (Lipinski definition) is 3. The van der Waals surface area contributed by atoms with Crippen molar-refractivity contribution in [2.45, 2.75) is 25.7 Å². The lowest BCUT2D eigenvalue weighted by atomic mass is 9.84. The molecule has 26 heavy (non-hydrogen) atoms. The summed E-state index contributed by atoms with van der Waals surface area (Å²) in [7, 11) is 0. The summed E-state index contributed by atoms with van der Waals surface area (Å²) in [5.74, 6) is 1.46. The second-order valence-electron chi connectivity index (χ2n) is 6.94. The third kappa shape index (κ3) is 4.43. The van der Waals surface area contributed by atoms with Gasteiger partial charge >= 0.3 is 0 Å². The van der Waals surface area contributed by atoms with Crippen LogP contribution in [0.2, 0.25) is 10.0 Å². The second-order valence-corrected chi connectivity index (χ2v) is 7.76. The Balaban J connectivity index is 1.62. The number of hydrogen-bond donors (Lipinski definition) is 1. The fourth-order valence-electron chi connectivity index (χ4n) is 2.78. The Morgan fingerprint density at radius 3 is 2.50 bits per heavy atom. The summed E-state index contributed by atoms with van der Waals surface area (Å²) in [6, 6.07) is 11.1. The van der Waals surface area contributed by atoms with Gasteiger partial charge in [0.1, 0.15) is 13.2 Å². The van der Waals surface area contributed by atoms with Crippen molar-refractivity contribution in [3.05, 3.63) is 57.6 Å². The maximum Gasteiger partial charge on any atom is 0.224 e. The smallest absolute Gasteiger partial charge is 0.224 e. The van der Waals surface area contributed by atoms with Gasteiger partial charge in [0.05, 0.1) is 16.5 Å². The van der Waals surface area contributed by atoms with Gasteiger partial charge in [-0.1, -0.05) is 49.2 Å². The molecule has 2 aromatic carbocycles. The highest BCUT2D eigenvalue weighted by molar-refractivity contribution is 6.42. The van der Waals surface area contributed by atoms with Gasteiger partial charge in [-0.2, -0.15) is 0 Å². The van der Waals surface area contributed by atoms with E-state index in [2.05, 4.69) is 19.2 Å². The van der Waals surface area contributed by atoms with Crippen LogP contribution < -0.4 is 14.8 Å². The Bertz CT molecular complexity index is 821. The zero-order valence-corrected chi connectivity index (χ0v) is 16.3. The van der Waals surface area contributed by atoms with Crippen LogP contribution >= 0.6 is 23.2 Å². The van der Waals surface area contributed by atoms with E-state index in [1.807, 2.05) is 18.2 Å². The number of carbonyl (C=O) groups is 1. The molecule has 0 bridgehead atoms. The molecule has 3 rings (SSSR count). The number of halogens is 2. The molecule has 1 aliphatic rings. The summed E-state index contributed by atoms with van der Waals surface area (Å²) in [5.41, 5.74) is 1.66. The average Bonchev–Trinajstić information content (AvgIpc) is 2.63. The van der Waals surface area contributed by atoms with E-state index >= 15 is 0 Å². The van der Waals surface area contributed by atoms with Gasteiger partial charge in [-0.3, -0.25) is 4.79 Å². The molecule has 6 heteroatoms. The fourth-order valence-corrected chi connectivity index (χ4v) is 3.10. The maximum absolute atomic E-state index is 12.3. The van der Waals surface area contributed by atoms with E-state index in [0.29, 0.717) is 29.8 Å². The molecule has 0 radical (unpaired) electrons. The van der Waals surface area contributed by atoms with E-state index in [4.69, 9.17) is 32.7 Å². The van der Waals surface area contributed by atoms with Gasteiger partial charge in [0.15, 0.2) is 11.5 Å². The molecule has 4 nitrogen and oxygen atoms in total. The van der Waals surface area contributed by atoms with Crippen molar-refractivity contribution in [3.63, 3.8) is 0 Å². The van der Waals surface area contributed by atoms with Crippen LogP contribution in [-0.2, 0) is 16.6 Å². The molecule has 0 aromatic heterocycles. The van der Waals surface area contributed by atoms with Crippen LogP contribution in [0.5, 0.6) is 11.5 Å². The Morgan fingerprint density at radius 1 is 1.04 bits per heavy atom. The summed E-state index contributed by atoms with van der Waals surface area (Å²) < 4.78 is 11.2. The minimum absolute atomic E-state index is 0.0611. The number of rotatable bonds is 5. The molecule has 1 N–H and O–H groups in total. The third-order valence-corrected chi connectivity index (χ3v) is 5.14. The molecule has 0 spiro atoms. The number of nitrogens with one attached hydrogen (secondary N) is 1. The quantitative estimate of drug-likeness (QED) is 0.818. The van der Waals surface area contributed by atoms with Crippen molar-refractivity contribution < 1.29 is 14.3 Å². The van der Waals surface area contributed by atoms with Gasteiger partial charge in [-0.05, 0) is 35.4 Å². The molecule has 0 atom stereocenters. The monoisotopic (exact) mass is 393 g/mol. The highest BCUT2D eigenvalue weighted by Gasteiger charge is 2.24. The Labute approximate surface area is 163 Å². The van der Waals surface area contributed by atoms with Crippen LogP contribution in [0, 0.1) is 0 Å². The zero-order chi connectivity index (χ0) is 18.7. The first-order valence-corrected chi connectivity index (χ1v) is 9.21. The molecule has 2 aromatic rings. The van der Waals surface area contributed by atoms with Gasteiger partial charge in [0, 0.05) is 12.0 Å². The van der Waals surface area contributed by atoms with E-state index in [-0.39, 0.29) is 17.7 Å². The van der Waals surface area contributed by atoms with E-state index in [9.17, 15) is 4.79 Å². The summed E-state index contributed by atoms with van der Waals surface area (Å²) >= 11 is 11.9. The van der Waals surface area contributed by atoms with Gasteiger partial charge in [0.25, 0.3) is 0 Å². The predicted molar refractivity (Wildman–Crippen MR) is 104 cm³/mol. The van der Waals surface area contributed by atoms with Crippen LogP contribution in [0.4, 0.5) is 0 Å². The average molecular weight is 394 g/mol. The van der Waals surface area contributed by atoms with Crippen molar-refractivity contribution in [2.24, 2.45) is 0 Å². The van der Waals surface area contributed by atoms with Crippen LogP contribution in [0.15, 0.2) is 36.4 Å². The van der Waals surface area contributed by atoms with E-state index in [0.717, 1.165) is 22.6 Å². The lowest BCUT2D eigenvalue weighted by Gasteiger charge is -2.28. The lowest BCUT2D eigenvalue weighted by Crippen LogP contribution is -2.37. The van der Waals surface area contributed by atoms with E-state index in [1.165, 1.54) is 0 Å². The highest BCUT2D eigenvalue weighted by Crippen LogP contribution is 2.35. The first-order chi connectivity index (χ1) is 12.3. The minimum atomic E-state index is -0.247. The molecule has 0 unspecified atom stereocenters. The number of fused-ring (bicyclic) bond motifs is 1. The molecule has 1 amide bonds. The summed E-state index contributed by atoms with van der Waals surface area (Å²) in [5, 5.41) is 3.93. The molecule has 0 fully saturated rings.